The second-order valence-electron chi connectivity index (χ2n) is 7.95. The molecule has 0 radical (unpaired) electrons. The molecule has 200 valence electrons. The van der Waals surface area contributed by atoms with E-state index in [0.717, 1.165) is 5.56 Å². The van der Waals surface area contributed by atoms with Gasteiger partial charge >= 0.3 is 12.0 Å². The van der Waals surface area contributed by atoms with Crippen molar-refractivity contribution in [3.05, 3.63) is 77.5 Å². The van der Waals surface area contributed by atoms with Crippen molar-refractivity contribution < 1.29 is 33.3 Å². The van der Waals surface area contributed by atoms with Crippen molar-refractivity contribution in [3.8, 4) is 17.2 Å². The molecule has 3 N–H and O–H groups in total. The first kappa shape index (κ1) is 27.8. The van der Waals surface area contributed by atoms with E-state index in [2.05, 4.69) is 27.7 Å². The number of nitrogens with zero attached hydrogens (tertiary/aromatic N) is 1. The molecule has 0 saturated heterocycles. The molecule has 1 aliphatic heterocycles. The largest absolute Gasteiger partial charge is 0.493 e. The molecule has 2 aromatic rings. The van der Waals surface area contributed by atoms with Crippen LogP contribution in [0.25, 0.3) is 0 Å². The molecular formula is C27H30N4O7. The Kier molecular flexibility index (Phi) is 9.86. The van der Waals surface area contributed by atoms with Gasteiger partial charge in [-0.3, -0.25) is 4.79 Å². The van der Waals surface area contributed by atoms with E-state index in [1.165, 1.54) is 13.3 Å². The number of carbonyl (C=O) groups excluding carboxylic acids is 3. The molecule has 0 saturated carbocycles. The van der Waals surface area contributed by atoms with Crippen LogP contribution < -0.4 is 30.3 Å². The average molecular weight is 523 g/mol. The van der Waals surface area contributed by atoms with E-state index in [4.69, 9.17) is 18.9 Å². The highest BCUT2D eigenvalue weighted by Crippen LogP contribution is 2.34. The zero-order chi connectivity index (χ0) is 27.5. The Morgan fingerprint density at radius 1 is 1.13 bits per heavy atom. The van der Waals surface area contributed by atoms with Crippen LogP contribution >= 0.6 is 0 Å². The molecule has 1 atom stereocenters. The van der Waals surface area contributed by atoms with Gasteiger partial charge in [0.25, 0.3) is 5.91 Å². The van der Waals surface area contributed by atoms with Gasteiger partial charge in [-0.1, -0.05) is 18.7 Å². The summed E-state index contributed by atoms with van der Waals surface area (Å²) >= 11 is 0. The first-order chi connectivity index (χ1) is 18.4. The second-order valence-corrected chi connectivity index (χ2v) is 7.95. The fourth-order valence-electron chi connectivity index (χ4n) is 3.57. The van der Waals surface area contributed by atoms with Gasteiger partial charge in [-0.15, -0.1) is 0 Å². The molecule has 11 nitrogen and oxygen atoms in total. The minimum Gasteiger partial charge on any atom is -0.493 e. The summed E-state index contributed by atoms with van der Waals surface area (Å²) in [5, 5.41) is 9.24. The maximum atomic E-state index is 12.5. The van der Waals surface area contributed by atoms with Crippen molar-refractivity contribution in [1.29, 1.82) is 0 Å². The van der Waals surface area contributed by atoms with E-state index in [1.54, 1.807) is 62.4 Å². The highest BCUT2D eigenvalue weighted by molar-refractivity contribution is 5.95. The quantitative estimate of drug-likeness (QED) is 0.169. The number of methoxy groups -OCH3 is 1. The number of carbonyl (C=O) groups is 3. The molecule has 1 heterocycles. The number of hydrogen-bond donors (Lipinski definition) is 3. The zero-order valence-corrected chi connectivity index (χ0v) is 21.4. The Hall–Kier alpha value is -4.80. The number of hydrazone groups is 1. The Balaban J connectivity index is 1.63. The molecule has 0 fully saturated rings. The number of urea groups is 1. The molecule has 0 aromatic heterocycles. The molecule has 3 amide bonds. The van der Waals surface area contributed by atoms with Gasteiger partial charge in [-0.25, -0.2) is 15.0 Å². The van der Waals surface area contributed by atoms with Crippen molar-refractivity contribution in [2.24, 2.45) is 5.10 Å². The molecule has 1 aliphatic rings. The number of ether oxygens (including phenoxy) is 4. The second kappa shape index (κ2) is 13.5. The maximum absolute atomic E-state index is 12.5. The van der Waals surface area contributed by atoms with Gasteiger partial charge in [0, 0.05) is 5.70 Å². The lowest BCUT2D eigenvalue weighted by atomic mass is 9.95. The minimum absolute atomic E-state index is 0.190. The molecule has 11 heteroatoms. The van der Waals surface area contributed by atoms with Crippen molar-refractivity contribution in [3.63, 3.8) is 0 Å². The van der Waals surface area contributed by atoms with Gasteiger partial charge in [0.05, 0.1) is 31.5 Å². The zero-order valence-electron chi connectivity index (χ0n) is 21.4. The number of nitrogens with one attached hydrogen (secondary N) is 3. The lowest BCUT2D eigenvalue weighted by molar-refractivity contribution is -0.139. The molecule has 38 heavy (non-hydrogen) atoms. The molecule has 0 spiro atoms. The van der Waals surface area contributed by atoms with Crippen LogP contribution in [0.4, 0.5) is 4.79 Å². The summed E-state index contributed by atoms with van der Waals surface area (Å²) in [5.41, 5.74) is 4.41. The Morgan fingerprint density at radius 3 is 2.58 bits per heavy atom. The van der Waals surface area contributed by atoms with E-state index in [9.17, 15) is 14.4 Å². The third-order valence-corrected chi connectivity index (χ3v) is 5.30. The Bertz CT molecular complexity index is 1240. The lowest BCUT2D eigenvalue weighted by Gasteiger charge is -2.28. The highest BCUT2D eigenvalue weighted by atomic mass is 16.5. The SMILES string of the molecule is C=CCOc1ccc(/C=N\NC(=O)COc2ccc([C@H]3NC(=O)NC(C)=C3C(=O)OCC)cc2OC)cc1. The predicted octanol–water partition coefficient (Wildman–Crippen LogP) is 2.98. The van der Waals surface area contributed by atoms with Crippen LogP contribution in [-0.4, -0.2) is 51.1 Å². The van der Waals surface area contributed by atoms with Crippen LogP contribution in [0.5, 0.6) is 17.2 Å². The number of esters is 1. The fraction of sp³-hybridized carbons (Fsp3) is 0.259. The summed E-state index contributed by atoms with van der Waals surface area (Å²) in [4.78, 5) is 36.8. The monoisotopic (exact) mass is 522 g/mol. The standard InChI is InChI=1S/C27H30N4O7/c1-5-13-37-20-10-7-18(8-11-20)15-28-31-23(32)16-38-21-12-9-19(14-22(21)35-4)25-24(26(33)36-6-2)17(3)29-27(34)30-25/h5,7-12,14-15,25H,1,6,13,16H2,2-4H3,(H,31,32)(H2,29,30,34)/b28-15-/t25-/m1/s1. The predicted molar refractivity (Wildman–Crippen MR) is 140 cm³/mol. The van der Waals surface area contributed by atoms with Crippen LogP contribution in [0.2, 0.25) is 0 Å². The maximum Gasteiger partial charge on any atom is 0.338 e. The average Bonchev–Trinajstić information content (AvgIpc) is 2.91. The number of benzene rings is 2. The molecule has 0 bridgehead atoms. The van der Waals surface area contributed by atoms with Gasteiger partial charge < -0.3 is 29.6 Å². The summed E-state index contributed by atoms with van der Waals surface area (Å²) in [6, 6.07) is 10.8. The van der Waals surface area contributed by atoms with E-state index in [-0.39, 0.29) is 18.8 Å². The highest BCUT2D eigenvalue weighted by Gasteiger charge is 2.32. The topological polar surface area (TPSA) is 137 Å². The van der Waals surface area contributed by atoms with Gasteiger partial charge in [0.15, 0.2) is 18.1 Å². The third kappa shape index (κ3) is 7.36. The van der Waals surface area contributed by atoms with Gasteiger partial charge in [0.1, 0.15) is 12.4 Å². The van der Waals surface area contributed by atoms with Gasteiger partial charge in [0.2, 0.25) is 0 Å². The van der Waals surface area contributed by atoms with Crippen molar-refractivity contribution in [1.82, 2.24) is 16.1 Å². The molecule has 2 aromatic carbocycles. The van der Waals surface area contributed by atoms with E-state index in [0.29, 0.717) is 35.1 Å². The van der Waals surface area contributed by atoms with Crippen molar-refractivity contribution >= 4 is 24.1 Å². The van der Waals surface area contributed by atoms with Crippen LogP contribution in [0.15, 0.2) is 71.5 Å². The van der Waals surface area contributed by atoms with E-state index in [1.807, 2.05) is 0 Å². The Morgan fingerprint density at radius 2 is 1.89 bits per heavy atom. The van der Waals surface area contributed by atoms with Crippen LogP contribution in [0.1, 0.15) is 31.0 Å². The van der Waals surface area contributed by atoms with Gasteiger partial charge in [-0.05, 0) is 61.4 Å². The summed E-state index contributed by atoms with van der Waals surface area (Å²) in [7, 11) is 1.44. The summed E-state index contributed by atoms with van der Waals surface area (Å²) in [6.45, 7) is 7.21. The van der Waals surface area contributed by atoms with E-state index < -0.39 is 23.9 Å². The first-order valence-corrected chi connectivity index (χ1v) is 11.8. The summed E-state index contributed by atoms with van der Waals surface area (Å²) in [6.07, 6.45) is 3.15. The third-order valence-electron chi connectivity index (χ3n) is 5.30. The van der Waals surface area contributed by atoms with Crippen LogP contribution in [-0.2, 0) is 14.3 Å². The molecule has 0 aliphatic carbocycles. The minimum atomic E-state index is -0.758. The Labute approximate surface area is 220 Å². The number of hydrogen-bond acceptors (Lipinski definition) is 8. The number of amides is 3. The van der Waals surface area contributed by atoms with Crippen molar-refractivity contribution in [2.75, 3.05) is 26.9 Å². The normalized spacial score (nSPS) is 14.8. The summed E-state index contributed by atoms with van der Waals surface area (Å²) < 4.78 is 21.6. The summed E-state index contributed by atoms with van der Waals surface area (Å²) in [5.74, 6) is 0.281. The molecular weight excluding hydrogens is 492 g/mol. The fourth-order valence-corrected chi connectivity index (χ4v) is 3.57. The van der Waals surface area contributed by atoms with Gasteiger partial charge in [-0.2, -0.15) is 5.10 Å². The van der Waals surface area contributed by atoms with Crippen LogP contribution in [0, 0.1) is 0 Å². The number of rotatable bonds is 12. The number of allylic oxidation sites excluding steroid dienone is 1. The smallest absolute Gasteiger partial charge is 0.338 e. The molecule has 0 unspecified atom stereocenters. The van der Waals surface area contributed by atoms with E-state index >= 15 is 0 Å². The lowest BCUT2D eigenvalue weighted by Crippen LogP contribution is -2.45. The van der Waals surface area contributed by atoms with Crippen molar-refractivity contribution in [2.45, 2.75) is 19.9 Å². The van der Waals surface area contributed by atoms with Crippen LogP contribution in [0.3, 0.4) is 0 Å². The first-order valence-electron chi connectivity index (χ1n) is 11.8. The molecule has 3 rings (SSSR count).